The minimum atomic E-state index is -3.15. The molecule has 1 heterocycles. The number of unbranched alkanes of at least 4 members (excludes halogenated alkanes) is 1. The first-order chi connectivity index (χ1) is 8.94. The van der Waals surface area contributed by atoms with E-state index in [4.69, 9.17) is 5.73 Å². The Labute approximate surface area is 116 Å². The molecule has 0 amide bonds. The van der Waals surface area contributed by atoms with Crippen molar-refractivity contribution in [1.29, 1.82) is 0 Å². The molecule has 1 aromatic rings. The van der Waals surface area contributed by atoms with Gasteiger partial charge in [-0.2, -0.15) is 0 Å². The molecular weight excluding hydrogens is 258 g/mol. The number of sulfone groups is 1. The summed E-state index contributed by atoms with van der Waals surface area (Å²) in [7, 11) is -3.15. The Hall–Kier alpha value is -0.870. The van der Waals surface area contributed by atoms with Gasteiger partial charge in [0.2, 0.25) is 0 Å². The van der Waals surface area contributed by atoms with E-state index in [-0.39, 0.29) is 11.7 Å². The van der Waals surface area contributed by atoms with Crippen LogP contribution >= 0.6 is 0 Å². The highest BCUT2D eigenvalue weighted by Gasteiger charge is 2.44. The average Bonchev–Trinajstić information content (AvgIpc) is 2.69. The molecule has 0 bridgehead atoms. The van der Waals surface area contributed by atoms with Crippen LogP contribution in [0, 0.1) is 0 Å². The summed E-state index contributed by atoms with van der Waals surface area (Å²) in [6.07, 6.45) is 3.82. The lowest BCUT2D eigenvalue weighted by Gasteiger charge is -2.34. The zero-order valence-electron chi connectivity index (χ0n) is 11.7. The molecule has 0 aromatic heterocycles. The Kier molecular flexibility index (Phi) is 4.02. The topological polar surface area (TPSA) is 60.2 Å². The van der Waals surface area contributed by atoms with Gasteiger partial charge in [-0.25, -0.2) is 8.42 Å². The van der Waals surface area contributed by atoms with Crippen molar-refractivity contribution in [1.82, 2.24) is 0 Å². The lowest BCUT2D eigenvalue weighted by atomic mass is 9.76. The summed E-state index contributed by atoms with van der Waals surface area (Å²) in [4.78, 5) is 0.486. The fourth-order valence-corrected chi connectivity index (χ4v) is 5.01. The maximum absolute atomic E-state index is 12.2. The molecule has 106 valence electrons. The van der Waals surface area contributed by atoms with Gasteiger partial charge in [0.25, 0.3) is 0 Å². The van der Waals surface area contributed by atoms with Crippen LogP contribution in [0.5, 0.6) is 0 Å². The van der Waals surface area contributed by atoms with Gasteiger partial charge in [0.05, 0.1) is 10.6 Å². The molecule has 2 atom stereocenters. The first-order valence-electron chi connectivity index (χ1n) is 7.05. The average molecular weight is 281 g/mol. The SMILES string of the molecule is CCCCC(N)(CC)C1CS(=O)(=O)c2ccccc21. The van der Waals surface area contributed by atoms with E-state index in [0.29, 0.717) is 4.90 Å². The van der Waals surface area contributed by atoms with Gasteiger partial charge < -0.3 is 5.73 Å². The van der Waals surface area contributed by atoms with Gasteiger partial charge in [0, 0.05) is 11.5 Å². The molecule has 2 rings (SSSR count). The number of hydrogen-bond donors (Lipinski definition) is 1. The standard InChI is InChI=1S/C15H23NO2S/c1-3-5-10-15(16,4-2)13-11-19(17,18)14-9-7-6-8-12(13)14/h6-9,13H,3-5,10-11,16H2,1-2H3. The van der Waals surface area contributed by atoms with Crippen LogP contribution in [0.2, 0.25) is 0 Å². The third-order valence-corrected chi connectivity index (χ3v) is 6.18. The lowest BCUT2D eigenvalue weighted by molar-refractivity contribution is 0.317. The van der Waals surface area contributed by atoms with Crippen molar-refractivity contribution < 1.29 is 8.42 Å². The summed E-state index contributed by atoms with van der Waals surface area (Å²) in [6, 6.07) is 7.33. The van der Waals surface area contributed by atoms with Crippen molar-refractivity contribution in [2.45, 2.75) is 55.9 Å². The Morgan fingerprint density at radius 2 is 2.00 bits per heavy atom. The van der Waals surface area contributed by atoms with E-state index in [9.17, 15) is 8.42 Å². The molecule has 2 N–H and O–H groups in total. The molecule has 0 spiro atoms. The number of benzene rings is 1. The minimum Gasteiger partial charge on any atom is -0.325 e. The number of nitrogens with two attached hydrogens (primary N) is 1. The van der Waals surface area contributed by atoms with E-state index in [1.54, 1.807) is 12.1 Å². The van der Waals surface area contributed by atoms with Crippen molar-refractivity contribution >= 4 is 9.84 Å². The summed E-state index contributed by atoms with van der Waals surface area (Å²) < 4.78 is 24.5. The second-order valence-electron chi connectivity index (χ2n) is 5.56. The quantitative estimate of drug-likeness (QED) is 0.902. The van der Waals surface area contributed by atoms with Crippen molar-refractivity contribution in [3.8, 4) is 0 Å². The van der Waals surface area contributed by atoms with E-state index < -0.39 is 15.4 Å². The summed E-state index contributed by atoms with van der Waals surface area (Å²) >= 11 is 0. The summed E-state index contributed by atoms with van der Waals surface area (Å²) in [6.45, 7) is 4.19. The Morgan fingerprint density at radius 1 is 1.32 bits per heavy atom. The van der Waals surface area contributed by atoms with Crippen molar-refractivity contribution in [3.63, 3.8) is 0 Å². The monoisotopic (exact) mass is 281 g/mol. The molecule has 0 saturated heterocycles. The third kappa shape index (κ3) is 2.56. The molecule has 1 aromatic carbocycles. The van der Waals surface area contributed by atoms with Crippen molar-refractivity contribution in [2.24, 2.45) is 5.73 Å². The molecule has 1 aliphatic rings. The van der Waals surface area contributed by atoms with Gasteiger partial charge in [-0.15, -0.1) is 0 Å². The summed E-state index contributed by atoms with van der Waals surface area (Å²) in [5.74, 6) is 0.102. The molecule has 0 fully saturated rings. The van der Waals surface area contributed by atoms with Crippen LogP contribution < -0.4 is 5.73 Å². The Morgan fingerprint density at radius 3 is 2.63 bits per heavy atom. The molecule has 1 aliphatic heterocycles. The molecule has 3 nitrogen and oxygen atoms in total. The van der Waals surface area contributed by atoms with Gasteiger partial charge in [-0.05, 0) is 24.5 Å². The maximum Gasteiger partial charge on any atom is 0.179 e. The van der Waals surface area contributed by atoms with Crippen LogP contribution in [0.3, 0.4) is 0 Å². The second kappa shape index (κ2) is 5.25. The fraction of sp³-hybridized carbons (Fsp3) is 0.600. The van der Waals surface area contributed by atoms with Crippen LogP contribution in [0.15, 0.2) is 29.2 Å². The maximum atomic E-state index is 12.2. The van der Waals surface area contributed by atoms with Gasteiger partial charge in [0.1, 0.15) is 0 Å². The summed E-state index contributed by atoms with van der Waals surface area (Å²) in [5, 5.41) is 0. The highest BCUT2D eigenvalue weighted by molar-refractivity contribution is 7.91. The van der Waals surface area contributed by atoms with E-state index in [1.165, 1.54) is 0 Å². The van der Waals surface area contributed by atoms with Crippen molar-refractivity contribution in [2.75, 3.05) is 5.75 Å². The Balaban J connectivity index is 2.42. The largest absolute Gasteiger partial charge is 0.325 e. The minimum absolute atomic E-state index is 0.0646. The van der Waals surface area contributed by atoms with E-state index in [0.717, 1.165) is 31.2 Å². The highest BCUT2D eigenvalue weighted by Crippen LogP contribution is 2.43. The normalized spacial score (nSPS) is 23.8. The molecule has 0 aliphatic carbocycles. The van der Waals surface area contributed by atoms with Crippen LogP contribution in [0.25, 0.3) is 0 Å². The molecular formula is C15H23NO2S. The fourth-order valence-electron chi connectivity index (χ4n) is 3.03. The second-order valence-corrected chi connectivity index (χ2v) is 7.56. The number of rotatable bonds is 5. The highest BCUT2D eigenvalue weighted by atomic mass is 32.2. The number of fused-ring (bicyclic) bond motifs is 1. The first-order valence-corrected chi connectivity index (χ1v) is 8.70. The lowest BCUT2D eigenvalue weighted by Crippen LogP contribution is -2.46. The van der Waals surface area contributed by atoms with E-state index >= 15 is 0 Å². The Bertz CT molecular complexity index is 553. The third-order valence-electron chi connectivity index (χ3n) is 4.36. The summed E-state index contributed by atoms with van der Waals surface area (Å²) in [5.41, 5.74) is 7.07. The van der Waals surface area contributed by atoms with Crippen LogP contribution in [0.4, 0.5) is 0 Å². The molecule has 0 radical (unpaired) electrons. The van der Waals surface area contributed by atoms with Crippen LogP contribution in [-0.4, -0.2) is 19.7 Å². The van der Waals surface area contributed by atoms with E-state index in [1.807, 2.05) is 12.1 Å². The molecule has 0 saturated carbocycles. The molecule has 19 heavy (non-hydrogen) atoms. The van der Waals surface area contributed by atoms with Gasteiger partial charge >= 0.3 is 0 Å². The van der Waals surface area contributed by atoms with Gasteiger partial charge in [-0.3, -0.25) is 0 Å². The zero-order valence-corrected chi connectivity index (χ0v) is 12.5. The van der Waals surface area contributed by atoms with Gasteiger partial charge in [0.15, 0.2) is 9.84 Å². The van der Waals surface area contributed by atoms with Crippen LogP contribution in [0.1, 0.15) is 51.0 Å². The first kappa shape index (κ1) is 14.5. The van der Waals surface area contributed by atoms with Crippen LogP contribution in [-0.2, 0) is 9.84 Å². The smallest absolute Gasteiger partial charge is 0.179 e. The predicted octanol–water partition coefficient (Wildman–Crippen LogP) is 2.86. The van der Waals surface area contributed by atoms with Crippen molar-refractivity contribution in [3.05, 3.63) is 29.8 Å². The predicted molar refractivity (Wildman–Crippen MR) is 78.0 cm³/mol. The van der Waals surface area contributed by atoms with Gasteiger partial charge in [-0.1, -0.05) is 44.9 Å². The van der Waals surface area contributed by atoms with E-state index in [2.05, 4.69) is 13.8 Å². The molecule has 2 unspecified atom stereocenters. The number of hydrogen-bond acceptors (Lipinski definition) is 3. The molecule has 4 heteroatoms. The zero-order chi connectivity index (χ0) is 14.1.